The Hall–Kier alpha value is -1.97. The quantitative estimate of drug-likeness (QED) is 0.773. The maximum absolute atomic E-state index is 5.34. The minimum atomic E-state index is 0.204. The van der Waals surface area contributed by atoms with Crippen LogP contribution in [0.25, 0.3) is 0 Å². The third-order valence-corrected chi connectivity index (χ3v) is 1.81. The smallest absolute Gasteiger partial charge is 0.292 e. The molecule has 0 aliphatic heterocycles. The van der Waals surface area contributed by atoms with E-state index in [2.05, 4.69) is 10.3 Å². The first-order chi connectivity index (χ1) is 6.84. The first-order valence-electron chi connectivity index (χ1n) is 4.34. The Balaban J connectivity index is 1.95. The summed E-state index contributed by atoms with van der Waals surface area (Å²) in [5, 5.41) is 3.18. The van der Waals surface area contributed by atoms with Crippen LogP contribution >= 0.6 is 0 Å². The summed E-state index contributed by atoms with van der Waals surface area (Å²) >= 11 is 0. The number of hydrogen-bond acceptors (Lipinski definition) is 4. The van der Waals surface area contributed by atoms with Crippen LogP contribution in [0.4, 0.5) is 11.7 Å². The number of rotatable bonds is 3. The summed E-state index contributed by atoms with van der Waals surface area (Å²) in [6.45, 7) is 0.591. The molecular weight excluding hydrogens is 178 g/mol. The topological polar surface area (TPSA) is 64.1 Å². The zero-order valence-corrected chi connectivity index (χ0v) is 7.60. The van der Waals surface area contributed by atoms with E-state index in [1.54, 1.807) is 6.20 Å². The van der Waals surface area contributed by atoms with Crippen molar-refractivity contribution in [2.45, 2.75) is 6.54 Å². The van der Waals surface area contributed by atoms with Crippen molar-refractivity contribution in [2.24, 2.45) is 0 Å². The summed E-state index contributed by atoms with van der Waals surface area (Å²) in [5.41, 5.74) is 6.39. The van der Waals surface area contributed by atoms with Gasteiger partial charge in [-0.1, -0.05) is 18.2 Å². The molecule has 0 saturated carbocycles. The molecule has 0 bridgehead atoms. The van der Waals surface area contributed by atoms with Gasteiger partial charge >= 0.3 is 0 Å². The number of anilines is 2. The second-order valence-corrected chi connectivity index (χ2v) is 2.88. The molecule has 0 unspecified atom stereocenters. The lowest BCUT2D eigenvalue weighted by Gasteiger charge is -2.02. The molecular formula is C10H11N3O. The number of nitrogens with two attached hydrogens (primary N) is 1. The van der Waals surface area contributed by atoms with Gasteiger partial charge in [-0.25, -0.2) is 4.98 Å². The molecule has 0 saturated heterocycles. The monoisotopic (exact) mass is 189 g/mol. The molecule has 1 aromatic carbocycles. The van der Waals surface area contributed by atoms with Gasteiger partial charge in [0.2, 0.25) is 0 Å². The minimum absolute atomic E-state index is 0.204. The SMILES string of the molecule is Nc1ncc(CNc2ccccc2)o1. The van der Waals surface area contributed by atoms with Crippen molar-refractivity contribution >= 4 is 11.7 Å². The highest BCUT2D eigenvalue weighted by Crippen LogP contribution is 2.09. The molecule has 0 amide bonds. The predicted octanol–water partition coefficient (Wildman–Crippen LogP) is 1.87. The van der Waals surface area contributed by atoms with Crippen molar-refractivity contribution in [3.8, 4) is 0 Å². The molecule has 72 valence electrons. The van der Waals surface area contributed by atoms with Gasteiger partial charge in [-0.05, 0) is 12.1 Å². The molecule has 4 nitrogen and oxygen atoms in total. The fourth-order valence-corrected chi connectivity index (χ4v) is 1.15. The Labute approximate surface area is 81.8 Å². The normalized spacial score (nSPS) is 10.0. The molecule has 0 atom stereocenters. The largest absolute Gasteiger partial charge is 0.427 e. The number of hydrogen-bond donors (Lipinski definition) is 2. The van der Waals surface area contributed by atoms with Crippen molar-refractivity contribution < 1.29 is 4.42 Å². The first kappa shape index (κ1) is 8.62. The van der Waals surface area contributed by atoms with Crippen LogP contribution < -0.4 is 11.1 Å². The van der Waals surface area contributed by atoms with Crippen LogP contribution in [0.3, 0.4) is 0 Å². The van der Waals surface area contributed by atoms with Crippen molar-refractivity contribution in [2.75, 3.05) is 11.1 Å². The second kappa shape index (κ2) is 3.83. The van der Waals surface area contributed by atoms with E-state index in [9.17, 15) is 0 Å². The zero-order valence-electron chi connectivity index (χ0n) is 7.60. The fraction of sp³-hybridized carbons (Fsp3) is 0.100. The van der Waals surface area contributed by atoms with Gasteiger partial charge in [0.15, 0.2) is 0 Å². The predicted molar refractivity (Wildman–Crippen MR) is 54.7 cm³/mol. The zero-order chi connectivity index (χ0) is 9.80. The highest BCUT2D eigenvalue weighted by molar-refractivity contribution is 5.42. The Morgan fingerprint density at radius 2 is 2.07 bits per heavy atom. The van der Waals surface area contributed by atoms with Gasteiger partial charge in [0.1, 0.15) is 5.76 Å². The second-order valence-electron chi connectivity index (χ2n) is 2.88. The van der Waals surface area contributed by atoms with E-state index >= 15 is 0 Å². The number of oxazole rings is 1. The van der Waals surface area contributed by atoms with Crippen molar-refractivity contribution in [1.82, 2.24) is 4.98 Å². The van der Waals surface area contributed by atoms with Crippen LogP contribution in [0.2, 0.25) is 0 Å². The van der Waals surface area contributed by atoms with E-state index in [-0.39, 0.29) is 6.01 Å². The van der Waals surface area contributed by atoms with Crippen molar-refractivity contribution in [3.05, 3.63) is 42.3 Å². The lowest BCUT2D eigenvalue weighted by molar-refractivity contribution is 0.531. The van der Waals surface area contributed by atoms with Gasteiger partial charge in [0, 0.05) is 5.69 Å². The van der Waals surface area contributed by atoms with Gasteiger partial charge in [-0.15, -0.1) is 0 Å². The van der Waals surface area contributed by atoms with Gasteiger partial charge in [-0.3, -0.25) is 0 Å². The molecule has 0 aliphatic carbocycles. The molecule has 0 spiro atoms. The number of nitrogen functional groups attached to an aromatic ring is 1. The van der Waals surface area contributed by atoms with Gasteiger partial charge < -0.3 is 15.5 Å². The molecule has 0 fully saturated rings. The minimum Gasteiger partial charge on any atom is -0.427 e. The Kier molecular flexibility index (Phi) is 2.36. The summed E-state index contributed by atoms with van der Waals surface area (Å²) < 4.78 is 5.11. The molecule has 0 aliphatic rings. The highest BCUT2D eigenvalue weighted by Gasteiger charge is 1.99. The van der Waals surface area contributed by atoms with E-state index < -0.39 is 0 Å². The highest BCUT2D eigenvalue weighted by atomic mass is 16.4. The lowest BCUT2D eigenvalue weighted by atomic mass is 10.3. The van der Waals surface area contributed by atoms with Crippen LogP contribution in [0.15, 0.2) is 40.9 Å². The third kappa shape index (κ3) is 2.04. The summed E-state index contributed by atoms with van der Waals surface area (Å²) in [6, 6.07) is 10.1. The molecule has 4 heteroatoms. The van der Waals surface area contributed by atoms with Gasteiger partial charge in [0.25, 0.3) is 6.01 Å². The number of aromatic nitrogens is 1. The number of para-hydroxylation sites is 1. The molecule has 1 heterocycles. The molecule has 1 aromatic heterocycles. The van der Waals surface area contributed by atoms with Crippen molar-refractivity contribution in [1.29, 1.82) is 0 Å². The van der Waals surface area contributed by atoms with Crippen LogP contribution in [0, 0.1) is 0 Å². The Bertz CT molecular complexity index is 397. The molecule has 0 radical (unpaired) electrons. The third-order valence-electron chi connectivity index (χ3n) is 1.81. The van der Waals surface area contributed by atoms with E-state index in [0.29, 0.717) is 6.54 Å². The van der Waals surface area contributed by atoms with Crippen LogP contribution in [0.1, 0.15) is 5.76 Å². The molecule has 3 N–H and O–H groups in total. The number of nitrogens with one attached hydrogen (secondary N) is 1. The van der Waals surface area contributed by atoms with Crippen LogP contribution in [-0.4, -0.2) is 4.98 Å². The maximum atomic E-state index is 5.34. The Morgan fingerprint density at radius 1 is 1.29 bits per heavy atom. The van der Waals surface area contributed by atoms with E-state index in [4.69, 9.17) is 10.2 Å². The summed E-state index contributed by atoms with van der Waals surface area (Å²) in [5.74, 6) is 0.728. The van der Waals surface area contributed by atoms with Crippen LogP contribution in [-0.2, 0) is 6.54 Å². The van der Waals surface area contributed by atoms with Crippen molar-refractivity contribution in [3.63, 3.8) is 0 Å². The molecule has 2 aromatic rings. The van der Waals surface area contributed by atoms with E-state index in [1.807, 2.05) is 30.3 Å². The number of nitrogens with zero attached hydrogens (tertiary/aromatic N) is 1. The lowest BCUT2D eigenvalue weighted by Crippen LogP contribution is -1.97. The Morgan fingerprint density at radius 3 is 2.71 bits per heavy atom. The van der Waals surface area contributed by atoms with Gasteiger partial charge in [-0.2, -0.15) is 0 Å². The first-order valence-corrected chi connectivity index (χ1v) is 4.34. The molecule has 14 heavy (non-hydrogen) atoms. The summed E-state index contributed by atoms with van der Waals surface area (Å²) in [6.07, 6.45) is 1.62. The maximum Gasteiger partial charge on any atom is 0.292 e. The van der Waals surface area contributed by atoms with E-state index in [1.165, 1.54) is 0 Å². The van der Waals surface area contributed by atoms with E-state index in [0.717, 1.165) is 11.4 Å². The number of benzene rings is 1. The fourth-order valence-electron chi connectivity index (χ4n) is 1.15. The van der Waals surface area contributed by atoms with Gasteiger partial charge in [0.05, 0.1) is 12.7 Å². The summed E-state index contributed by atoms with van der Waals surface area (Å²) in [4.78, 5) is 3.80. The average Bonchev–Trinajstić information content (AvgIpc) is 2.63. The van der Waals surface area contributed by atoms with Crippen LogP contribution in [0.5, 0.6) is 0 Å². The average molecular weight is 189 g/mol. The summed E-state index contributed by atoms with van der Waals surface area (Å²) in [7, 11) is 0. The standard InChI is InChI=1S/C10H11N3O/c11-10-13-7-9(14-10)6-12-8-4-2-1-3-5-8/h1-5,7,12H,6H2,(H2,11,13). The molecule has 2 rings (SSSR count).